The molecule has 3 nitrogen and oxygen atoms in total. The first-order chi connectivity index (χ1) is 31.3. The van der Waals surface area contributed by atoms with Crippen molar-refractivity contribution in [3.05, 3.63) is 186 Å². The molecule has 7 aromatic carbocycles. The van der Waals surface area contributed by atoms with E-state index in [1.165, 1.54) is 78.3 Å². The quantitative estimate of drug-likeness (QED) is 0.0800. The van der Waals surface area contributed by atoms with Gasteiger partial charge in [0, 0.05) is 39.7 Å². The van der Waals surface area contributed by atoms with Crippen molar-refractivity contribution in [2.75, 3.05) is 16.4 Å². The standard InChI is InChI=1S/C62H72N2O/c1-10-11-12-13-14-15-16-17-44-65-60-45-47(3)20-43-59(60)50-25-37-56(38-26-50)64(58-41-29-52(30-42-58)62(7,8)9)55-35-23-49(24-36-55)48-21-33-54(34-22-48)63(53-31-18-46(2)19-32-53)57-39-27-51(28-40-57)61(4,5)6/h18-43,45H,10-17,44H2,1-9H3. The Kier molecular flexibility index (Phi) is 15.4. The van der Waals surface area contributed by atoms with Crippen LogP contribution in [-0.2, 0) is 10.8 Å². The molecule has 0 aliphatic carbocycles. The number of rotatable bonds is 18. The Hall–Kier alpha value is -6.06. The molecule has 7 rings (SSSR count). The van der Waals surface area contributed by atoms with Gasteiger partial charge in [-0.1, -0.05) is 184 Å². The van der Waals surface area contributed by atoms with Crippen molar-refractivity contribution in [1.82, 2.24) is 0 Å². The lowest BCUT2D eigenvalue weighted by Crippen LogP contribution is -2.13. The molecule has 336 valence electrons. The van der Waals surface area contributed by atoms with Crippen LogP contribution < -0.4 is 14.5 Å². The third-order valence-corrected chi connectivity index (χ3v) is 12.7. The second-order valence-electron chi connectivity index (χ2n) is 20.1. The molecule has 0 atom stereocenters. The number of ether oxygens (including phenoxy) is 1. The molecule has 0 N–H and O–H groups in total. The van der Waals surface area contributed by atoms with Crippen molar-refractivity contribution in [3.63, 3.8) is 0 Å². The van der Waals surface area contributed by atoms with E-state index in [1.54, 1.807) is 0 Å². The van der Waals surface area contributed by atoms with Crippen LogP contribution in [0, 0.1) is 13.8 Å². The van der Waals surface area contributed by atoms with Crippen molar-refractivity contribution in [3.8, 4) is 28.0 Å². The predicted octanol–water partition coefficient (Wildman–Crippen LogP) is 18.7. The molecule has 3 heteroatoms. The molecule has 65 heavy (non-hydrogen) atoms. The molecule has 7 aromatic rings. The van der Waals surface area contributed by atoms with Crippen LogP contribution in [0.25, 0.3) is 22.3 Å². The van der Waals surface area contributed by atoms with Crippen LogP contribution in [0.3, 0.4) is 0 Å². The van der Waals surface area contributed by atoms with E-state index in [4.69, 9.17) is 4.74 Å². The Bertz CT molecular complexity index is 2540. The normalized spacial score (nSPS) is 11.7. The van der Waals surface area contributed by atoms with Crippen LogP contribution in [0.15, 0.2) is 164 Å². The van der Waals surface area contributed by atoms with Gasteiger partial charge in [-0.15, -0.1) is 0 Å². The number of anilines is 6. The summed E-state index contributed by atoms with van der Waals surface area (Å²) in [5.74, 6) is 0.969. The molecule has 0 aliphatic heterocycles. The van der Waals surface area contributed by atoms with Gasteiger partial charge in [-0.3, -0.25) is 0 Å². The second-order valence-corrected chi connectivity index (χ2v) is 20.1. The first-order valence-electron chi connectivity index (χ1n) is 24.2. The van der Waals surface area contributed by atoms with E-state index in [2.05, 4.69) is 236 Å². The summed E-state index contributed by atoms with van der Waals surface area (Å²) >= 11 is 0. The number of hydrogen-bond donors (Lipinski definition) is 0. The molecule has 0 spiro atoms. The van der Waals surface area contributed by atoms with E-state index in [-0.39, 0.29) is 10.8 Å². The fourth-order valence-corrected chi connectivity index (χ4v) is 8.61. The lowest BCUT2D eigenvalue weighted by atomic mass is 9.87. The van der Waals surface area contributed by atoms with E-state index < -0.39 is 0 Å². The predicted molar refractivity (Wildman–Crippen MR) is 282 cm³/mol. The number of benzene rings is 7. The monoisotopic (exact) mass is 861 g/mol. The van der Waals surface area contributed by atoms with Crippen LogP contribution >= 0.6 is 0 Å². The molecule has 0 unspecified atom stereocenters. The van der Waals surface area contributed by atoms with Crippen molar-refractivity contribution >= 4 is 34.1 Å². The van der Waals surface area contributed by atoms with Gasteiger partial charge in [0.05, 0.1) is 6.61 Å². The molecule has 0 aliphatic rings. The third-order valence-electron chi connectivity index (χ3n) is 12.7. The molecule has 0 fully saturated rings. The summed E-state index contributed by atoms with van der Waals surface area (Å²) in [4.78, 5) is 4.71. The summed E-state index contributed by atoms with van der Waals surface area (Å²) in [7, 11) is 0. The average Bonchev–Trinajstić information content (AvgIpc) is 3.30. The first-order valence-corrected chi connectivity index (χ1v) is 24.2. The van der Waals surface area contributed by atoms with Gasteiger partial charge in [-0.2, -0.15) is 0 Å². The van der Waals surface area contributed by atoms with Crippen molar-refractivity contribution in [2.45, 2.75) is 125 Å². The maximum atomic E-state index is 6.48. The molecule has 0 radical (unpaired) electrons. The zero-order valence-electron chi connectivity index (χ0n) is 40.8. The summed E-state index contributed by atoms with van der Waals surface area (Å²) < 4.78 is 6.48. The maximum Gasteiger partial charge on any atom is 0.127 e. The molecule has 0 saturated heterocycles. The van der Waals surface area contributed by atoms with Crippen molar-refractivity contribution in [1.29, 1.82) is 0 Å². The topological polar surface area (TPSA) is 15.7 Å². The van der Waals surface area contributed by atoms with Gasteiger partial charge in [0.1, 0.15) is 5.75 Å². The minimum Gasteiger partial charge on any atom is -0.493 e. The van der Waals surface area contributed by atoms with Crippen LogP contribution in [0.2, 0.25) is 0 Å². The first kappa shape index (κ1) is 46.9. The molecular formula is C62H72N2O. The SMILES string of the molecule is CCCCCCCCCCOc1cc(C)ccc1-c1ccc(N(c2ccc(-c3ccc(N(c4ccc(C)cc4)c4ccc(C(C)(C)C)cc4)cc3)cc2)c2ccc(C(C)(C)C)cc2)cc1. The van der Waals surface area contributed by atoms with Crippen LogP contribution in [0.1, 0.15) is 122 Å². The lowest BCUT2D eigenvalue weighted by Gasteiger charge is -2.28. The van der Waals surface area contributed by atoms with E-state index in [1.807, 2.05) is 0 Å². The Morgan fingerprint density at radius 2 is 0.708 bits per heavy atom. The number of nitrogens with zero attached hydrogens (tertiary/aromatic N) is 2. The Morgan fingerprint density at radius 3 is 1.11 bits per heavy atom. The fourth-order valence-electron chi connectivity index (χ4n) is 8.61. The zero-order valence-corrected chi connectivity index (χ0v) is 40.8. The smallest absolute Gasteiger partial charge is 0.127 e. The van der Waals surface area contributed by atoms with E-state index in [9.17, 15) is 0 Å². The molecule has 0 bridgehead atoms. The second kappa shape index (κ2) is 21.3. The van der Waals surface area contributed by atoms with Gasteiger partial charge >= 0.3 is 0 Å². The molecule has 0 aromatic heterocycles. The van der Waals surface area contributed by atoms with E-state index in [0.717, 1.165) is 64.0 Å². The molecule has 0 saturated carbocycles. The maximum absolute atomic E-state index is 6.48. The minimum atomic E-state index is 0.0678. The highest BCUT2D eigenvalue weighted by Gasteiger charge is 2.19. The minimum absolute atomic E-state index is 0.0678. The zero-order chi connectivity index (χ0) is 46.0. The Morgan fingerprint density at radius 1 is 0.369 bits per heavy atom. The highest BCUT2D eigenvalue weighted by molar-refractivity contribution is 5.82. The largest absolute Gasteiger partial charge is 0.493 e. The summed E-state index contributed by atoms with van der Waals surface area (Å²) in [5.41, 5.74) is 16.7. The molecule has 0 heterocycles. The lowest BCUT2D eigenvalue weighted by molar-refractivity contribution is 0.305. The van der Waals surface area contributed by atoms with Gasteiger partial charge in [-0.25, -0.2) is 0 Å². The summed E-state index contributed by atoms with van der Waals surface area (Å²) in [6.45, 7) is 20.9. The highest BCUT2D eigenvalue weighted by atomic mass is 16.5. The number of aryl methyl sites for hydroxylation is 2. The van der Waals surface area contributed by atoms with Crippen LogP contribution in [-0.4, -0.2) is 6.61 Å². The van der Waals surface area contributed by atoms with Gasteiger partial charge in [-0.05, 0) is 143 Å². The number of hydrogen-bond acceptors (Lipinski definition) is 3. The summed E-state index contributed by atoms with van der Waals surface area (Å²) in [5, 5.41) is 0. The Labute approximate surface area is 392 Å². The molecule has 0 amide bonds. The van der Waals surface area contributed by atoms with Gasteiger partial charge < -0.3 is 14.5 Å². The summed E-state index contributed by atoms with van der Waals surface area (Å²) in [6, 6.07) is 60.4. The van der Waals surface area contributed by atoms with Crippen molar-refractivity contribution < 1.29 is 4.74 Å². The van der Waals surface area contributed by atoms with E-state index >= 15 is 0 Å². The van der Waals surface area contributed by atoms with Crippen LogP contribution in [0.5, 0.6) is 5.75 Å². The summed E-state index contributed by atoms with van der Waals surface area (Å²) in [6.07, 6.45) is 10.3. The van der Waals surface area contributed by atoms with E-state index in [0.29, 0.717) is 0 Å². The molecular weight excluding hydrogens is 789 g/mol. The van der Waals surface area contributed by atoms with Gasteiger partial charge in [0.15, 0.2) is 0 Å². The van der Waals surface area contributed by atoms with Gasteiger partial charge in [0.25, 0.3) is 0 Å². The fraction of sp³-hybridized carbons (Fsp3) is 0.323. The van der Waals surface area contributed by atoms with Crippen LogP contribution in [0.4, 0.5) is 34.1 Å². The van der Waals surface area contributed by atoms with Crippen molar-refractivity contribution in [2.24, 2.45) is 0 Å². The third kappa shape index (κ3) is 12.2. The Balaban J connectivity index is 1.13. The number of unbranched alkanes of at least 4 members (excludes halogenated alkanes) is 7. The van der Waals surface area contributed by atoms with Gasteiger partial charge in [0.2, 0.25) is 0 Å². The highest BCUT2D eigenvalue weighted by Crippen LogP contribution is 2.41. The average molecular weight is 861 g/mol.